The summed E-state index contributed by atoms with van der Waals surface area (Å²) in [6.45, 7) is 5.13. The van der Waals surface area contributed by atoms with Gasteiger partial charge in [-0.25, -0.2) is 9.78 Å². The van der Waals surface area contributed by atoms with E-state index in [1.807, 2.05) is 6.92 Å². The molecule has 1 saturated heterocycles. The highest BCUT2D eigenvalue weighted by Crippen LogP contribution is 2.32. The van der Waals surface area contributed by atoms with Crippen molar-refractivity contribution in [2.24, 2.45) is 14.1 Å². The summed E-state index contributed by atoms with van der Waals surface area (Å²) < 4.78 is 2.64. The normalized spacial score (nSPS) is 18.6. The molecule has 124 valence electrons. The van der Waals surface area contributed by atoms with Crippen LogP contribution in [0.3, 0.4) is 0 Å². The largest absolute Gasteiger partial charge is 0.368 e. The quantitative estimate of drug-likeness (QED) is 0.846. The van der Waals surface area contributed by atoms with E-state index in [2.05, 4.69) is 16.8 Å². The molecule has 0 spiro atoms. The zero-order chi connectivity index (χ0) is 16.7. The Labute approximate surface area is 135 Å². The van der Waals surface area contributed by atoms with Crippen molar-refractivity contribution in [1.29, 1.82) is 0 Å². The number of anilines is 1. The topological polar surface area (TPSA) is 60.1 Å². The van der Waals surface area contributed by atoms with Crippen LogP contribution in [0, 0.1) is 6.92 Å². The van der Waals surface area contributed by atoms with Gasteiger partial charge in [-0.05, 0) is 38.2 Å². The molecule has 3 heterocycles. The third-order valence-electron chi connectivity index (χ3n) is 5.01. The van der Waals surface area contributed by atoms with E-state index in [4.69, 9.17) is 0 Å². The molecule has 1 unspecified atom stereocenters. The Balaban J connectivity index is 2.38. The molecule has 3 rings (SSSR count). The summed E-state index contributed by atoms with van der Waals surface area (Å²) in [6.07, 6.45) is 6.33. The lowest BCUT2D eigenvalue weighted by atomic mass is 9.97. The number of rotatable bonds is 2. The fourth-order valence-electron chi connectivity index (χ4n) is 3.70. The third kappa shape index (κ3) is 2.36. The van der Waals surface area contributed by atoms with Crippen LogP contribution in [0.25, 0.3) is 11.0 Å². The van der Waals surface area contributed by atoms with Crippen LogP contribution in [0.15, 0.2) is 15.8 Å². The van der Waals surface area contributed by atoms with Crippen molar-refractivity contribution in [2.75, 3.05) is 11.4 Å². The molecule has 0 saturated carbocycles. The highest BCUT2D eigenvalue weighted by Gasteiger charge is 2.26. The number of pyridine rings is 1. The molecule has 2 aromatic heterocycles. The highest BCUT2D eigenvalue weighted by molar-refractivity contribution is 5.90. The number of piperidine rings is 1. The van der Waals surface area contributed by atoms with Crippen LogP contribution >= 0.6 is 0 Å². The number of aromatic nitrogens is 3. The first-order chi connectivity index (χ1) is 11.0. The van der Waals surface area contributed by atoms with Crippen LogP contribution in [-0.2, 0) is 14.1 Å². The van der Waals surface area contributed by atoms with E-state index in [1.54, 1.807) is 13.2 Å². The van der Waals surface area contributed by atoms with E-state index in [0.717, 1.165) is 37.1 Å². The Kier molecular flexibility index (Phi) is 4.00. The minimum Gasteiger partial charge on any atom is -0.368 e. The average Bonchev–Trinajstić information content (AvgIpc) is 2.57. The molecular weight excluding hydrogens is 292 g/mol. The molecule has 1 aliphatic heterocycles. The van der Waals surface area contributed by atoms with Gasteiger partial charge in [-0.15, -0.1) is 0 Å². The lowest BCUT2D eigenvalue weighted by molar-refractivity contribution is 0.450. The summed E-state index contributed by atoms with van der Waals surface area (Å²) in [5.74, 6) is 0. The van der Waals surface area contributed by atoms with E-state index in [1.165, 1.54) is 22.6 Å². The first kappa shape index (κ1) is 15.8. The Hall–Kier alpha value is -2.11. The summed E-state index contributed by atoms with van der Waals surface area (Å²) in [6, 6.07) is 0.440. The van der Waals surface area contributed by atoms with Gasteiger partial charge >= 0.3 is 5.69 Å². The molecule has 1 atom stereocenters. The van der Waals surface area contributed by atoms with Crippen LogP contribution in [-0.4, -0.2) is 26.7 Å². The molecule has 0 aromatic carbocycles. The lowest BCUT2D eigenvalue weighted by Crippen LogP contribution is -2.42. The van der Waals surface area contributed by atoms with Crippen molar-refractivity contribution >= 4 is 16.7 Å². The first-order valence-corrected chi connectivity index (χ1v) is 8.29. The second-order valence-electron chi connectivity index (χ2n) is 6.45. The van der Waals surface area contributed by atoms with Gasteiger partial charge in [-0.3, -0.25) is 13.9 Å². The van der Waals surface area contributed by atoms with Gasteiger partial charge in [0, 0.05) is 32.9 Å². The van der Waals surface area contributed by atoms with Crippen LogP contribution < -0.4 is 16.1 Å². The Bertz CT molecular complexity index is 865. The highest BCUT2D eigenvalue weighted by atomic mass is 16.2. The predicted molar refractivity (Wildman–Crippen MR) is 92.2 cm³/mol. The molecule has 6 heteroatoms. The van der Waals surface area contributed by atoms with Gasteiger partial charge in [-0.1, -0.05) is 6.92 Å². The molecule has 0 radical (unpaired) electrons. The maximum Gasteiger partial charge on any atom is 0.332 e. The lowest BCUT2D eigenvalue weighted by Gasteiger charge is -2.38. The van der Waals surface area contributed by atoms with Crippen LogP contribution in [0.4, 0.5) is 5.69 Å². The van der Waals surface area contributed by atoms with Crippen molar-refractivity contribution in [3.63, 3.8) is 0 Å². The summed E-state index contributed by atoms with van der Waals surface area (Å²) in [7, 11) is 3.20. The molecule has 0 N–H and O–H groups in total. The average molecular weight is 316 g/mol. The summed E-state index contributed by atoms with van der Waals surface area (Å²) in [5.41, 5.74) is 1.83. The fourth-order valence-corrected chi connectivity index (χ4v) is 3.70. The van der Waals surface area contributed by atoms with Gasteiger partial charge in [0.1, 0.15) is 5.39 Å². The summed E-state index contributed by atoms with van der Waals surface area (Å²) >= 11 is 0. The van der Waals surface area contributed by atoms with Gasteiger partial charge in [0.05, 0.1) is 5.69 Å². The number of hydrogen-bond donors (Lipinski definition) is 0. The number of hydrogen-bond acceptors (Lipinski definition) is 4. The number of aryl methyl sites for hydroxylation is 2. The number of nitrogens with zero attached hydrogens (tertiary/aromatic N) is 4. The smallest absolute Gasteiger partial charge is 0.332 e. The van der Waals surface area contributed by atoms with E-state index in [-0.39, 0.29) is 11.2 Å². The Morgan fingerprint density at radius 1 is 1.22 bits per heavy atom. The fraction of sp³-hybridized carbons (Fsp3) is 0.588. The van der Waals surface area contributed by atoms with Crippen molar-refractivity contribution in [2.45, 2.75) is 45.6 Å². The van der Waals surface area contributed by atoms with Crippen LogP contribution in [0.5, 0.6) is 0 Å². The second kappa shape index (κ2) is 5.83. The van der Waals surface area contributed by atoms with Crippen LogP contribution in [0.2, 0.25) is 0 Å². The molecule has 6 nitrogen and oxygen atoms in total. The number of fused-ring (bicyclic) bond motifs is 1. The minimum atomic E-state index is -0.338. The maximum absolute atomic E-state index is 12.8. The van der Waals surface area contributed by atoms with E-state index >= 15 is 0 Å². The van der Waals surface area contributed by atoms with E-state index < -0.39 is 0 Å². The summed E-state index contributed by atoms with van der Waals surface area (Å²) in [4.78, 5) is 31.7. The molecule has 0 bridgehead atoms. The Morgan fingerprint density at radius 2 is 1.96 bits per heavy atom. The molecule has 1 aliphatic rings. The van der Waals surface area contributed by atoms with Crippen molar-refractivity contribution in [1.82, 2.24) is 14.1 Å². The molecule has 23 heavy (non-hydrogen) atoms. The van der Waals surface area contributed by atoms with Gasteiger partial charge in [0.2, 0.25) is 0 Å². The van der Waals surface area contributed by atoms with E-state index in [9.17, 15) is 9.59 Å². The molecule has 0 amide bonds. The predicted octanol–water partition coefficient (Wildman–Crippen LogP) is 1.71. The van der Waals surface area contributed by atoms with Gasteiger partial charge in [0.15, 0.2) is 5.65 Å². The van der Waals surface area contributed by atoms with Gasteiger partial charge in [-0.2, -0.15) is 0 Å². The Morgan fingerprint density at radius 3 is 2.65 bits per heavy atom. The summed E-state index contributed by atoms with van der Waals surface area (Å²) in [5, 5.41) is 0.565. The van der Waals surface area contributed by atoms with E-state index in [0.29, 0.717) is 17.1 Å². The monoisotopic (exact) mass is 316 g/mol. The van der Waals surface area contributed by atoms with Gasteiger partial charge < -0.3 is 4.90 Å². The zero-order valence-corrected chi connectivity index (χ0v) is 14.3. The molecule has 2 aromatic rings. The first-order valence-electron chi connectivity index (χ1n) is 8.29. The third-order valence-corrected chi connectivity index (χ3v) is 5.01. The molecule has 1 fully saturated rings. The van der Waals surface area contributed by atoms with Crippen LogP contribution in [0.1, 0.15) is 38.2 Å². The molecular formula is C17H24N4O2. The maximum atomic E-state index is 12.8. The van der Waals surface area contributed by atoms with Gasteiger partial charge in [0.25, 0.3) is 5.56 Å². The van der Waals surface area contributed by atoms with Crippen molar-refractivity contribution in [3.05, 3.63) is 32.6 Å². The zero-order valence-electron chi connectivity index (χ0n) is 14.3. The van der Waals surface area contributed by atoms with Crippen molar-refractivity contribution < 1.29 is 0 Å². The standard InChI is InChI=1S/C17H24N4O2/c1-5-12-8-6-7-9-21(12)14-11(2)10-18-15-13(14)16(22)20(4)17(23)19(15)3/h10,12H,5-9H2,1-4H3. The molecule has 0 aliphatic carbocycles. The second-order valence-corrected chi connectivity index (χ2v) is 6.45. The SMILES string of the molecule is CCC1CCCCN1c1c(C)cnc2c1c(=O)n(C)c(=O)n2C. The van der Waals surface area contributed by atoms with Crippen molar-refractivity contribution in [3.8, 4) is 0 Å². The minimum absolute atomic E-state index is 0.255.